The van der Waals surface area contributed by atoms with Crippen molar-refractivity contribution in [2.45, 2.75) is 20.4 Å². The van der Waals surface area contributed by atoms with E-state index in [0.29, 0.717) is 5.56 Å². The summed E-state index contributed by atoms with van der Waals surface area (Å²) in [6.07, 6.45) is 0. The highest BCUT2D eigenvalue weighted by molar-refractivity contribution is 6.04. The summed E-state index contributed by atoms with van der Waals surface area (Å²) in [7, 11) is 0. The molecule has 0 spiro atoms. The number of benzene rings is 3. The molecule has 0 radical (unpaired) electrons. The van der Waals surface area contributed by atoms with Gasteiger partial charge in [0.15, 0.2) is 0 Å². The first kappa shape index (κ1) is 16.8. The van der Waals surface area contributed by atoms with Crippen LogP contribution in [-0.2, 0) is 6.54 Å². The summed E-state index contributed by atoms with van der Waals surface area (Å²) >= 11 is 0. The molecule has 0 aromatic heterocycles. The first-order chi connectivity index (χ1) is 12.1. The second kappa shape index (κ2) is 7.67. The number of hydrogen-bond donors (Lipinski definition) is 2. The highest BCUT2D eigenvalue weighted by Crippen LogP contribution is 2.16. The highest BCUT2D eigenvalue weighted by Gasteiger charge is 2.07. The molecule has 0 saturated heterocycles. The van der Waals surface area contributed by atoms with Gasteiger partial charge in [0.1, 0.15) is 0 Å². The van der Waals surface area contributed by atoms with Gasteiger partial charge in [-0.1, -0.05) is 36.4 Å². The smallest absolute Gasteiger partial charge is 0.255 e. The first-order valence-corrected chi connectivity index (χ1v) is 8.38. The van der Waals surface area contributed by atoms with E-state index in [9.17, 15) is 4.79 Å². The average Bonchev–Trinajstić information content (AvgIpc) is 2.64. The van der Waals surface area contributed by atoms with Crippen molar-refractivity contribution in [2.75, 3.05) is 10.6 Å². The van der Waals surface area contributed by atoms with Crippen molar-refractivity contribution in [3.8, 4) is 0 Å². The van der Waals surface area contributed by atoms with Crippen molar-refractivity contribution in [1.82, 2.24) is 0 Å². The van der Waals surface area contributed by atoms with E-state index in [2.05, 4.69) is 22.8 Å². The SMILES string of the molecule is Cc1ccc(C(=O)Nc2ccc(NCc3ccccc3)cc2)cc1C. The Morgan fingerprint density at radius 2 is 1.48 bits per heavy atom. The van der Waals surface area contributed by atoms with E-state index >= 15 is 0 Å². The van der Waals surface area contributed by atoms with E-state index in [4.69, 9.17) is 0 Å². The van der Waals surface area contributed by atoms with Crippen LogP contribution in [0.1, 0.15) is 27.0 Å². The van der Waals surface area contributed by atoms with Crippen molar-refractivity contribution in [1.29, 1.82) is 0 Å². The third kappa shape index (κ3) is 4.48. The summed E-state index contributed by atoms with van der Waals surface area (Å²) in [5.74, 6) is -0.0897. The van der Waals surface area contributed by atoms with Crippen molar-refractivity contribution in [3.05, 3.63) is 95.1 Å². The number of anilines is 2. The minimum Gasteiger partial charge on any atom is -0.381 e. The molecular weight excluding hydrogens is 308 g/mol. The van der Waals surface area contributed by atoms with Gasteiger partial charge in [-0.05, 0) is 66.9 Å². The molecule has 0 saturated carbocycles. The lowest BCUT2D eigenvalue weighted by Gasteiger charge is -2.10. The predicted octanol–water partition coefficient (Wildman–Crippen LogP) is 5.17. The Kier molecular flexibility index (Phi) is 5.14. The van der Waals surface area contributed by atoms with Gasteiger partial charge in [0, 0.05) is 23.5 Å². The largest absolute Gasteiger partial charge is 0.381 e. The minimum absolute atomic E-state index is 0.0897. The summed E-state index contributed by atoms with van der Waals surface area (Å²) in [6, 6.07) is 23.8. The molecule has 126 valence electrons. The van der Waals surface area contributed by atoms with Gasteiger partial charge in [0.25, 0.3) is 5.91 Å². The Labute approximate surface area is 148 Å². The number of rotatable bonds is 5. The molecule has 0 unspecified atom stereocenters. The Hall–Kier alpha value is -3.07. The lowest BCUT2D eigenvalue weighted by atomic mass is 10.1. The summed E-state index contributed by atoms with van der Waals surface area (Å²) in [5, 5.41) is 6.31. The highest BCUT2D eigenvalue weighted by atomic mass is 16.1. The molecule has 3 aromatic rings. The van der Waals surface area contributed by atoms with Crippen LogP contribution < -0.4 is 10.6 Å². The summed E-state index contributed by atoms with van der Waals surface area (Å²) in [4.78, 5) is 12.3. The lowest BCUT2D eigenvalue weighted by Crippen LogP contribution is -2.12. The van der Waals surface area contributed by atoms with Crippen molar-refractivity contribution in [3.63, 3.8) is 0 Å². The molecule has 3 rings (SSSR count). The molecule has 0 bridgehead atoms. The number of hydrogen-bond acceptors (Lipinski definition) is 2. The molecule has 0 atom stereocenters. The third-order valence-corrected chi connectivity index (χ3v) is 4.25. The zero-order valence-corrected chi connectivity index (χ0v) is 14.5. The molecule has 0 aliphatic rings. The van der Waals surface area contributed by atoms with E-state index in [-0.39, 0.29) is 5.91 Å². The van der Waals surface area contributed by atoms with Gasteiger partial charge in [-0.25, -0.2) is 0 Å². The molecular formula is C22H22N2O. The second-order valence-corrected chi connectivity index (χ2v) is 6.17. The predicted molar refractivity (Wildman–Crippen MR) is 104 cm³/mol. The van der Waals surface area contributed by atoms with E-state index in [1.54, 1.807) is 0 Å². The van der Waals surface area contributed by atoms with E-state index in [0.717, 1.165) is 23.5 Å². The van der Waals surface area contributed by atoms with Crippen LogP contribution in [0.25, 0.3) is 0 Å². The molecule has 0 heterocycles. The van der Waals surface area contributed by atoms with Crippen LogP contribution in [0.2, 0.25) is 0 Å². The van der Waals surface area contributed by atoms with Crippen LogP contribution in [0, 0.1) is 13.8 Å². The number of nitrogens with one attached hydrogen (secondary N) is 2. The maximum Gasteiger partial charge on any atom is 0.255 e. The maximum atomic E-state index is 12.3. The molecule has 2 N–H and O–H groups in total. The Bertz CT molecular complexity index is 855. The fourth-order valence-corrected chi connectivity index (χ4v) is 2.56. The third-order valence-electron chi connectivity index (χ3n) is 4.25. The van der Waals surface area contributed by atoms with Crippen LogP contribution in [0.5, 0.6) is 0 Å². The molecule has 0 aliphatic carbocycles. The summed E-state index contributed by atoms with van der Waals surface area (Å²) in [6.45, 7) is 4.83. The van der Waals surface area contributed by atoms with E-state index < -0.39 is 0 Å². The normalized spacial score (nSPS) is 10.3. The van der Waals surface area contributed by atoms with Gasteiger partial charge in [-0.3, -0.25) is 4.79 Å². The molecule has 0 aliphatic heterocycles. The Morgan fingerprint density at radius 1 is 0.800 bits per heavy atom. The molecule has 25 heavy (non-hydrogen) atoms. The van der Waals surface area contributed by atoms with Gasteiger partial charge < -0.3 is 10.6 Å². The van der Waals surface area contributed by atoms with Crippen LogP contribution >= 0.6 is 0 Å². The fourth-order valence-electron chi connectivity index (χ4n) is 2.56. The quantitative estimate of drug-likeness (QED) is 0.678. The molecule has 3 aromatic carbocycles. The van der Waals surface area contributed by atoms with Gasteiger partial charge in [0.2, 0.25) is 0 Å². The van der Waals surface area contributed by atoms with Gasteiger partial charge >= 0.3 is 0 Å². The number of aryl methyl sites for hydroxylation is 2. The van der Waals surface area contributed by atoms with Crippen molar-refractivity contribution in [2.24, 2.45) is 0 Å². The maximum absolute atomic E-state index is 12.3. The zero-order valence-electron chi connectivity index (χ0n) is 14.5. The lowest BCUT2D eigenvalue weighted by molar-refractivity contribution is 0.102. The summed E-state index contributed by atoms with van der Waals surface area (Å²) in [5.41, 5.74) is 6.02. The van der Waals surface area contributed by atoms with Crippen LogP contribution in [0.4, 0.5) is 11.4 Å². The monoisotopic (exact) mass is 330 g/mol. The van der Waals surface area contributed by atoms with Gasteiger partial charge in [-0.15, -0.1) is 0 Å². The number of carbonyl (C=O) groups is 1. The molecule has 1 amide bonds. The zero-order chi connectivity index (χ0) is 17.6. The van der Waals surface area contributed by atoms with Crippen molar-refractivity contribution < 1.29 is 4.79 Å². The number of amides is 1. The Morgan fingerprint density at radius 3 is 2.16 bits per heavy atom. The van der Waals surface area contributed by atoms with Crippen molar-refractivity contribution >= 4 is 17.3 Å². The first-order valence-electron chi connectivity index (χ1n) is 8.38. The second-order valence-electron chi connectivity index (χ2n) is 6.17. The standard InChI is InChI=1S/C22H22N2O/c1-16-8-9-19(14-17(16)2)22(25)24-21-12-10-20(11-13-21)23-15-18-6-4-3-5-7-18/h3-14,23H,15H2,1-2H3,(H,24,25). The topological polar surface area (TPSA) is 41.1 Å². The fraction of sp³-hybridized carbons (Fsp3) is 0.136. The van der Waals surface area contributed by atoms with Gasteiger partial charge in [-0.2, -0.15) is 0 Å². The molecule has 3 nitrogen and oxygen atoms in total. The van der Waals surface area contributed by atoms with Crippen LogP contribution in [0.15, 0.2) is 72.8 Å². The van der Waals surface area contributed by atoms with Crippen LogP contribution in [-0.4, -0.2) is 5.91 Å². The number of carbonyl (C=O) groups excluding carboxylic acids is 1. The molecule has 3 heteroatoms. The van der Waals surface area contributed by atoms with E-state index in [1.165, 1.54) is 11.1 Å². The Balaban J connectivity index is 1.60. The average molecular weight is 330 g/mol. The molecule has 0 fully saturated rings. The van der Waals surface area contributed by atoms with Gasteiger partial charge in [0.05, 0.1) is 0 Å². The van der Waals surface area contributed by atoms with E-state index in [1.807, 2.05) is 74.5 Å². The summed E-state index contributed by atoms with van der Waals surface area (Å²) < 4.78 is 0. The minimum atomic E-state index is -0.0897. The van der Waals surface area contributed by atoms with Crippen LogP contribution in [0.3, 0.4) is 0 Å².